The number of aromatic carboxylic acids is 1. The van der Waals surface area contributed by atoms with E-state index in [9.17, 15) is 17.6 Å². The van der Waals surface area contributed by atoms with E-state index >= 15 is 0 Å². The fraction of sp³-hybridized carbons (Fsp3) is 0.435. The quantitative estimate of drug-likeness (QED) is 0.688. The van der Waals surface area contributed by atoms with Gasteiger partial charge in [-0.25, -0.2) is 17.6 Å². The van der Waals surface area contributed by atoms with Crippen LogP contribution < -0.4 is 4.74 Å². The Hall–Kier alpha value is -2.45. The lowest BCUT2D eigenvalue weighted by molar-refractivity contribution is 0.0691. The molecule has 1 N–H and O–H groups in total. The average Bonchev–Trinajstić information content (AvgIpc) is 3.58. The van der Waals surface area contributed by atoms with Gasteiger partial charge in [0.1, 0.15) is 11.6 Å². The second-order valence-electron chi connectivity index (χ2n) is 8.42. The smallest absolute Gasteiger partial charge is 0.338 e. The summed E-state index contributed by atoms with van der Waals surface area (Å²) in [7, 11) is -3.51. The van der Waals surface area contributed by atoms with E-state index in [4.69, 9.17) is 9.84 Å². The first-order chi connectivity index (χ1) is 14.8. The first-order valence-corrected chi connectivity index (χ1v) is 12.0. The van der Waals surface area contributed by atoms with Gasteiger partial charge in [-0.15, -0.1) is 0 Å². The van der Waals surface area contributed by atoms with Crippen LogP contribution in [0.5, 0.6) is 5.75 Å². The number of nitrogens with zero attached hydrogens (tertiary/aromatic N) is 1. The molecule has 0 unspecified atom stereocenters. The summed E-state index contributed by atoms with van der Waals surface area (Å²) < 4.78 is 47.3. The van der Waals surface area contributed by atoms with Crippen LogP contribution in [0.3, 0.4) is 0 Å². The van der Waals surface area contributed by atoms with E-state index in [2.05, 4.69) is 0 Å². The molecule has 0 bridgehead atoms. The number of benzene rings is 2. The van der Waals surface area contributed by atoms with Crippen molar-refractivity contribution in [3.63, 3.8) is 0 Å². The molecule has 4 rings (SSSR count). The van der Waals surface area contributed by atoms with Gasteiger partial charge in [-0.2, -0.15) is 4.31 Å². The van der Waals surface area contributed by atoms with Crippen molar-refractivity contribution >= 4 is 16.0 Å². The third kappa shape index (κ3) is 4.75. The van der Waals surface area contributed by atoms with Crippen LogP contribution in [-0.4, -0.2) is 43.5 Å². The Kier molecular flexibility index (Phi) is 6.03. The number of carboxylic acid groups (broad SMARTS) is 1. The average molecular weight is 448 g/mol. The number of piperidine rings is 1. The highest BCUT2D eigenvalue weighted by Gasteiger charge is 2.32. The number of ether oxygens (including phenoxy) is 1. The molecule has 0 spiro atoms. The van der Waals surface area contributed by atoms with E-state index in [1.807, 2.05) is 6.92 Å². The summed E-state index contributed by atoms with van der Waals surface area (Å²) in [4.78, 5) is 11.5. The first kappa shape index (κ1) is 21.8. The van der Waals surface area contributed by atoms with Crippen molar-refractivity contribution < 1.29 is 27.4 Å². The number of carbonyl (C=O) groups is 1. The van der Waals surface area contributed by atoms with Gasteiger partial charge >= 0.3 is 5.97 Å². The second-order valence-corrected chi connectivity index (χ2v) is 10.4. The summed E-state index contributed by atoms with van der Waals surface area (Å²) in [5.41, 5.74) is 1.43. The first-order valence-electron chi connectivity index (χ1n) is 10.5. The number of hydrogen-bond acceptors (Lipinski definition) is 4. The molecule has 1 saturated heterocycles. The third-order valence-electron chi connectivity index (χ3n) is 6.05. The predicted octanol–water partition coefficient (Wildman–Crippen LogP) is 4.19. The fourth-order valence-corrected chi connectivity index (χ4v) is 5.43. The Morgan fingerprint density at radius 1 is 1.13 bits per heavy atom. The molecule has 0 aromatic heterocycles. The standard InChI is InChI=1S/C23H26FNO5S/c1-15-2-6-18(7-3-15)31(28,29)25-10-8-16(9-11-25)14-30-22-13-21(24)20(23(26)27)12-19(22)17-4-5-17/h2-3,6-7,12-13,16-17H,4-5,8-11,14H2,1H3,(H,26,27). The molecule has 166 valence electrons. The van der Waals surface area contributed by atoms with Gasteiger partial charge in [-0.1, -0.05) is 17.7 Å². The highest BCUT2D eigenvalue weighted by atomic mass is 32.2. The molecular formula is C23H26FNO5S. The summed E-state index contributed by atoms with van der Waals surface area (Å²) in [5.74, 6) is -1.31. The Morgan fingerprint density at radius 3 is 2.35 bits per heavy atom. The lowest BCUT2D eigenvalue weighted by Gasteiger charge is -2.31. The Morgan fingerprint density at radius 2 is 1.77 bits per heavy atom. The Bertz CT molecular complexity index is 1070. The zero-order valence-corrected chi connectivity index (χ0v) is 18.2. The largest absolute Gasteiger partial charge is 0.493 e. The molecule has 2 aromatic rings. The van der Waals surface area contributed by atoms with Crippen molar-refractivity contribution in [2.75, 3.05) is 19.7 Å². The highest BCUT2D eigenvalue weighted by Crippen LogP contribution is 2.45. The number of sulfonamides is 1. The van der Waals surface area contributed by atoms with Crippen molar-refractivity contribution in [1.82, 2.24) is 4.31 Å². The predicted molar refractivity (Wildman–Crippen MR) is 113 cm³/mol. The molecular weight excluding hydrogens is 421 g/mol. The monoisotopic (exact) mass is 447 g/mol. The van der Waals surface area contributed by atoms with Gasteiger partial charge < -0.3 is 9.84 Å². The fourth-order valence-electron chi connectivity index (χ4n) is 3.96. The lowest BCUT2D eigenvalue weighted by atomic mass is 9.99. The highest BCUT2D eigenvalue weighted by molar-refractivity contribution is 7.89. The minimum Gasteiger partial charge on any atom is -0.493 e. The van der Waals surface area contributed by atoms with Crippen molar-refractivity contribution in [1.29, 1.82) is 0 Å². The Labute approximate surface area is 181 Å². The van der Waals surface area contributed by atoms with E-state index < -0.39 is 21.8 Å². The van der Waals surface area contributed by atoms with Crippen molar-refractivity contribution in [2.24, 2.45) is 5.92 Å². The molecule has 0 amide bonds. The maximum atomic E-state index is 14.2. The SMILES string of the molecule is Cc1ccc(S(=O)(=O)N2CCC(COc3cc(F)c(C(=O)O)cc3C3CC3)CC2)cc1. The zero-order valence-electron chi connectivity index (χ0n) is 17.4. The van der Waals surface area contributed by atoms with Crippen LogP contribution in [0, 0.1) is 18.7 Å². The normalized spacial score (nSPS) is 18.1. The van der Waals surface area contributed by atoms with Crippen molar-refractivity contribution in [2.45, 2.75) is 43.4 Å². The molecule has 0 radical (unpaired) electrons. The molecule has 2 aromatic carbocycles. The van der Waals surface area contributed by atoms with Crippen LogP contribution in [0.4, 0.5) is 4.39 Å². The lowest BCUT2D eigenvalue weighted by Crippen LogP contribution is -2.39. The maximum absolute atomic E-state index is 14.2. The van der Waals surface area contributed by atoms with Crippen LogP contribution in [0.25, 0.3) is 0 Å². The van der Waals surface area contributed by atoms with Gasteiger partial charge in [0.25, 0.3) is 0 Å². The topological polar surface area (TPSA) is 83.9 Å². The minimum atomic E-state index is -3.51. The summed E-state index contributed by atoms with van der Waals surface area (Å²) in [5, 5.41) is 9.17. The van der Waals surface area contributed by atoms with Crippen molar-refractivity contribution in [3.8, 4) is 5.75 Å². The second kappa shape index (κ2) is 8.59. The van der Waals surface area contributed by atoms with Crippen LogP contribution in [0.1, 0.15) is 53.1 Å². The van der Waals surface area contributed by atoms with Crippen LogP contribution in [-0.2, 0) is 10.0 Å². The van der Waals surface area contributed by atoms with Crippen LogP contribution >= 0.6 is 0 Å². The summed E-state index contributed by atoms with van der Waals surface area (Å²) in [6.45, 7) is 3.08. The molecule has 1 heterocycles. The molecule has 1 aliphatic carbocycles. The number of rotatable bonds is 7. The van der Waals surface area contributed by atoms with Gasteiger partial charge in [0.05, 0.1) is 17.1 Å². The molecule has 1 aliphatic heterocycles. The number of halogens is 1. The molecule has 2 fully saturated rings. The molecule has 8 heteroatoms. The summed E-state index contributed by atoms with van der Waals surface area (Å²) in [6.07, 6.45) is 3.19. The van der Waals surface area contributed by atoms with Gasteiger partial charge in [0, 0.05) is 19.2 Å². The van der Waals surface area contributed by atoms with E-state index in [1.54, 1.807) is 24.3 Å². The van der Waals surface area contributed by atoms with E-state index in [1.165, 1.54) is 16.4 Å². The van der Waals surface area contributed by atoms with E-state index in [0.717, 1.165) is 24.0 Å². The van der Waals surface area contributed by atoms with E-state index in [0.29, 0.717) is 43.2 Å². The molecule has 1 saturated carbocycles. The molecule has 0 atom stereocenters. The third-order valence-corrected chi connectivity index (χ3v) is 7.97. The van der Waals surface area contributed by atoms with Gasteiger partial charge in [-0.3, -0.25) is 0 Å². The number of aryl methyl sites for hydroxylation is 1. The van der Waals surface area contributed by atoms with Crippen molar-refractivity contribution in [3.05, 3.63) is 58.9 Å². The van der Waals surface area contributed by atoms with Crippen LogP contribution in [0.15, 0.2) is 41.3 Å². The van der Waals surface area contributed by atoms with Gasteiger partial charge in [-0.05, 0) is 68.2 Å². The number of hydrogen-bond donors (Lipinski definition) is 1. The van der Waals surface area contributed by atoms with Gasteiger partial charge in [0.2, 0.25) is 10.0 Å². The van der Waals surface area contributed by atoms with E-state index in [-0.39, 0.29) is 17.4 Å². The van der Waals surface area contributed by atoms with Gasteiger partial charge in [0.15, 0.2) is 0 Å². The zero-order chi connectivity index (χ0) is 22.2. The van der Waals surface area contributed by atoms with Crippen LogP contribution in [0.2, 0.25) is 0 Å². The minimum absolute atomic E-state index is 0.152. The number of carboxylic acids is 1. The molecule has 6 nitrogen and oxygen atoms in total. The summed E-state index contributed by atoms with van der Waals surface area (Å²) in [6, 6.07) is 9.41. The Balaban J connectivity index is 1.38. The molecule has 31 heavy (non-hydrogen) atoms. The maximum Gasteiger partial charge on any atom is 0.338 e. The summed E-state index contributed by atoms with van der Waals surface area (Å²) >= 11 is 0. The molecule has 2 aliphatic rings.